The molecular weight excluding hydrogens is 505 g/mol. The second kappa shape index (κ2) is 10.2. The summed E-state index contributed by atoms with van der Waals surface area (Å²) < 4.78 is 48.8. The van der Waals surface area contributed by atoms with Gasteiger partial charge in [-0.2, -0.15) is 22.8 Å². The summed E-state index contributed by atoms with van der Waals surface area (Å²) in [6, 6.07) is 6.31. The Morgan fingerprint density at radius 2 is 1.82 bits per heavy atom. The zero-order chi connectivity index (χ0) is 27.8. The Bertz CT molecular complexity index is 1280. The first-order valence-corrected chi connectivity index (χ1v) is 11.9. The van der Waals surface area contributed by atoms with E-state index < -0.39 is 48.0 Å². The number of halogens is 3. The second-order valence-corrected chi connectivity index (χ2v) is 10.2. The number of nitrogens with two attached hydrogens (primary N) is 1. The lowest BCUT2D eigenvalue weighted by Gasteiger charge is -2.34. The number of amides is 1. The lowest BCUT2D eigenvalue weighted by Crippen LogP contribution is -2.53. The number of rotatable bonds is 6. The molecule has 0 spiro atoms. The molecule has 1 aliphatic heterocycles. The zero-order valence-corrected chi connectivity index (χ0v) is 21.1. The fraction of sp³-hybridized carbons (Fsp3) is 0.440. The third-order valence-corrected chi connectivity index (χ3v) is 6.30. The SMILES string of the molecule is CC(C)(C)C(=O)N1C(O)CC(c2nc(NCc3ccc(CN)cc3)n(C(=O)c3ccoc3)n2)C1C(F)(F)F. The van der Waals surface area contributed by atoms with Crippen LogP contribution in [0.5, 0.6) is 0 Å². The molecule has 1 aliphatic rings. The first-order valence-electron chi connectivity index (χ1n) is 11.9. The molecule has 1 amide bonds. The van der Waals surface area contributed by atoms with Crippen LogP contribution in [0, 0.1) is 5.41 Å². The van der Waals surface area contributed by atoms with Gasteiger partial charge in [-0.3, -0.25) is 9.59 Å². The van der Waals surface area contributed by atoms with E-state index in [1.807, 2.05) is 24.3 Å². The number of alkyl halides is 3. The lowest BCUT2D eigenvalue weighted by atomic mass is 9.93. The molecule has 0 saturated carbocycles. The van der Waals surface area contributed by atoms with E-state index in [2.05, 4.69) is 15.4 Å². The minimum absolute atomic E-state index is 0.0925. The molecule has 1 aromatic carbocycles. The third kappa shape index (κ3) is 5.43. The van der Waals surface area contributed by atoms with E-state index in [0.29, 0.717) is 11.4 Å². The van der Waals surface area contributed by atoms with Crippen molar-refractivity contribution in [3.63, 3.8) is 0 Å². The van der Waals surface area contributed by atoms with Crippen molar-refractivity contribution in [2.45, 2.75) is 64.6 Å². The van der Waals surface area contributed by atoms with Gasteiger partial charge in [0.15, 0.2) is 5.82 Å². The number of hydrogen-bond acceptors (Lipinski definition) is 8. The maximum Gasteiger partial charge on any atom is 0.409 e. The summed E-state index contributed by atoms with van der Waals surface area (Å²) in [5.74, 6) is -3.45. The number of furan rings is 1. The highest BCUT2D eigenvalue weighted by atomic mass is 19.4. The normalized spacial score (nSPS) is 20.1. The average Bonchev–Trinajstić information content (AvgIpc) is 3.59. The molecule has 0 bridgehead atoms. The summed E-state index contributed by atoms with van der Waals surface area (Å²) >= 11 is 0. The Morgan fingerprint density at radius 1 is 1.16 bits per heavy atom. The summed E-state index contributed by atoms with van der Waals surface area (Å²) in [6.07, 6.45) is -4.58. The van der Waals surface area contributed by atoms with Gasteiger partial charge in [-0.15, -0.1) is 5.10 Å². The van der Waals surface area contributed by atoms with Crippen molar-refractivity contribution >= 4 is 17.8 Å². The maximum atomic E-state index is 14.3. The number of aliphatic hydroxyl groups excluding tert-OH is 1. The van der Waals surface area contributed by atoms with Gasteiger partial charge < -0.3 is 25.5 Å². The van der Waals surface area contributed by atoms with Crippen molar-refractivity contribution in [2.75, 3.05) is 5.32 Å². The number of nitrogens with one attached hydrogen (secondary N) is 1. The summed E-state index contributed by atoms with van der Waals surface area (Å²) in [7, 11) is 0. The number of anilines is 1. The van der Waals surface area contributed by atoms with Crippen LogP contribution in [0.2, 0.25) is 0 Å². The number of aromatic nitrogens is 3. The fourth-order valence-electron chi connectivity index (χ4n) is 4.35. The van der Waals surface area contributed by atoms with Gasteiger partial charge in [0.05, 0.1) is 17.7 Å². The third-order valence-electron chi connectivity index (χ3n) is 6.30. The molecule has 1 fully saturated rings. The Labute approximate surface area is 216 Å². The van der Waals surface area contributed by atoms with Crippen molar-refractivity contribution in [3.8, 4) is 0 Å². The molecule has 0 radical (unpaired) electrons. The van der Waals surface area contributed by atoms with Crippen LogP contribution >= 0.6 is 0 Å². The van der Waals surface area contributed by atoms with E-state index in [1.165, 1.54) is 39.4 Å². The Kier molecular flexibility index (Phi) is 7.35. The second-order valence-electron chi connectivity index (χ2n) is 10.2. The van der Waals surface area contributed by atoms with Gasteiger partial charge in [-0.05, 0) is 17.2 Å². The van der Waals surface area contributed by atoms with Crippen LogP contribution in [0.25, 0.3) is 0 Å². The van der Waals surface area contributed by atoms with E-state index in [-0.39, 0.29) is 23.9 Å². The number of likely N-dealkylation sites (tertiary alicyclic amines) is 1. The number of carbonyl (C=O) groups excluding carboxylic acids is 2. The molecule has 38 heavy (non-hydrogen) atoms. The van der Waals surface area contributed by atoms with Crippen LogP contribution in [0.3, 0.4) is 0 Å². The van der Waals surface area contributed by atoms with Crippen LogP contribution in [0.15, 0.2) is 47.3 Å². The molecule has 13 heteroatoms. The van der Waals surface area contributed by atoms with E-state index >= 15 is 0 Å². The molecule has 3 aromatic rings. The molecule has 10 nitrogen and oxygen atoms in total. The molecule has 2 aromatic heterocycles. The van der Waals surface area contributed by atoms with Crippen molar-refractivity contribution < 1.29 is 32.3 Å². The predicted octanol–water partition coefficient (Wildman–Crippen LogP) is 3.24. The van der Waals surface area contributed by atoms with Crippen molar-refractivity contribution in [2.24, 2.45) is 11.1 Å². The van der Waals surface area contributed by atoms with E-state index in [0.717, 1.165) is 15.8 Å². The van der Waals surface area contributed by atoms with Crippen LogP contribution in [0.1, 0.15) is 60.4 Å². The van der Waals surface area contributed by atoms with Gasteiger partial charge in [0.1, 0.15) is 18.5 Å². The topological polar surface area (TPSA) is 140 Å². The van der Waals surface area contributed by atoms with Crippen LogP contribution in [0.4, 0.5) is 19.1 Å². The minimum atomic E-state index is -4.89. The summed E-state index contributed by atoms with van der Waals surface area (Å²) in [6.45, 7) is 4.98. The van der Waals surface area contributed by atoms with Crippen molar-refractivity contribution in [3.05, 3.63) is 65.4 Å². The van der Waals surface area contributed by atoms with Gasteiger partial charge in [0.2, 0.25) is 11.9 Å². The Hall–Kier alpha value is -3.71. The number of aliphatic hydroxyl groups is 1. The molecule has 204 valence electrons. The highest BCUT2D eigenvalue weighted by Crippen LogP contribution is 2.45. The highest BCUT2D eigenvalue weighted by Gasteiger charge is 2.59. The van der Waals surface area contributed by atoms with Crippen molar-refractivity contribution in [1.82, 2.24) is 19.7 Å². The number of benzene rings is 1. The molecule has 3 heterocycles. The van der Waals surface area contributed by atoms with Gasteiger partial charge in [-0.25, -0.2) is 0 Å². The van der Waals surface area contributed by atoms with Gasteiger partial charge >= 0.3 is 6.18 Å². The molecule has 1 saturated heterocycles. The van der Waals surface area contributed by atoms with Gasteiger partial charge in [0.25, 0.3) is 5.91 Å². The smallest absolute Gasteiger partial charge is 0.409 e. The summed E-state index contributed by atoms with van der Waals surface area (Å²) in [4.78, 5) is 30.7. The van der Waals surface area contributed by atoms with E-state index in [4.69, 9.17) is 10.2 Å². The number of nitrogens with zero attached hydrogens (tertiary/aromatic N) is 4. The monoisotopic (exact) mass is 534 g/mol. The summed E-state index contributed by atoms with van der Waals surface area (Å²) in [5.41, 5.74) is 6.29. The zero-order valence-electron chi connectivity index (χ0n) is 21.1. The largest absolute Gasteiger partial charge is 0.472 e. The average molecular weight is 535 g/mol. The first-order chi connectivity index (χ1) is 17.8. The molecule has 4 rings (SSSR count). The standard InChI is InChI=1S/C25H29F3N6O4/c1-24(2,3)22(37)33-18(35)10-17(19(33)25(26,27)28)20-31-23(30-12-15-6-4-14(11-29)5-7-15)34(32-20)21(36)16-8-9-38-13-16/h4-9,13,17-19,35H,10-12,29H2,1-3H3,(H,30,31,32). The highest BCUT2D eigenvalue weighted by molar-refractivity contribution is 5.96. The van der Waals surface area contributed by atoms with E-state index in [9.17, 15) is 27.9 Å². The van der Waals surface area contributed by atoms with E-state index in [1.54, 1.807) is 0 Å². The van der Waals surface area contributed by atoms with Crippen LogP contribution < -0.4 is 11.1 Å². The predicted molar refractivity (Wildman–Crippen MR) is 130 cm³/mol. The number of hydrogen-bond donors (Lipinski definition) is 3. The quantitative estimate of drug-likeness (QED) is 0.438. The fourth-order valence-corrected chi connectivity index (χ4v) is 4.35. The van der Waals surface area contributed by atoms with Gasteiger partial charge in [0, 0.05) is 24.9 Å². The minimum Gasteiger partial charge on any atom is -0.472 e. The maximum absolute atomic E-state index is 14.3. The molecule has 3 unspecified atom stereocenters. The molecule has 0 aliphatic carbocycles. The van der Waals surface area contributed by atoms with Crippen LogP contribution in [-0.4, -0.2) is 55.0 Å². The lowest BCUT2D eigenvalue weighted by molar-refractivity contribution is -0.200. The van der Waals surface area contributed by atoms with Crippen molar-refractivity contribution in [1.29, 1.82) is 0 Å². The number of carbonyl (C=O) groups is 2. The Balaban J connectivity index is 1.71. The molecular formula is C25H29F3N6O4. The van der Waals surface area contributed by atoms with Crippen LogP contribution in [-0.2, 0) is 17.9 Å². The first kappa shape index (κ1) is 27.3. The molecule has 4 N–H and O–H groups in total. The molecule has 3 atom stereocenters. The van der Waals surface area contributed by atoms with Gasteiger partial charge in [-0.1, -0.05) is 45.0 Å². The Morgan fingerprint density at radius 3 is 2.37 bits per heavy atom. The summed E-state index contributed by atoms with van der Waals surface area (Å²) in [5, 5.41) is 17.6.